The second-order valence-corrected chi connectivity index (χ2v) is 4.26. The van der Waals surface area contributed by atoms with Gasteiger partial charge in [0.25, 0.3) is 0 Å². The van der Waals surface area contributed by atoms with E-state index in [1.807, 2.05) is 12.1 Å². The van der Waals surface area contributed by atoms with Crippen molar-refractivity contribution in [1.82, 2.24) is 5.48 Å². The maximum Gasteiger partial charge on any atom is 0.137 e. The maximum atomic E-state index is 8.54. The summed E-state index contributed by atoms with van der Waals surface area (Å²) in [7, 11) is 0. The first-order valence-electron chi connectivity index (χ1n) is 5.08. The van der Waals surface area contributed by atoms with Crippen LogP contribution in [0.1, 0.15) is 18.4 Å². The molecule has 0 amide bonds. The molecular formula is C11H14ClNO2. The summed E-state index contributed by atoms with van der Waals surface area (Å²) in [5.74, 6) is 1.45. The molecule has 0 atom stereocenters. The standard InChI is InChI=1S/C11H14ClNO2/c12-10-5-9(6-13-14)3-4-11(10)15-7-8-1-2-8/h3-5,8,13-14H,1-2,6-7H2. The average Bonchev–Trinajstić information content (AvgIpc) is 3.01. The fraction of sp³-hybridized carbons (Fsp3) is 0.455. The van der Waals surface area contributed by atoms with Gasteiger partial charge in [-0.1, -0.05) is 17.7 Å². The Hall–Kier alpha value is -0.770. The summed E-state index contributed by atoms with van der Waals surface area (Å²) < 4.78 is 5.58. The van der Waals surface area contributed by atoms with Gasteiger partial charge in [-0.05, 0) is 36.5 Å². The van der Waals surface area contributed by atoms with Crippen molar-refractivity contribution < 1.29 is 9.94 Å². The van der Waals surface area contributed by atoms with Crippen molar-refractivity contribution in [1.29, 1.82) is 0 Å². The first kappa shape index (κ1) is 10.7. The minimum atomic E-state index is 0.391. The van der Waals surface area contributed by atoms with Crippen LogP contribution in [0.3, 0.4) is 0 Å². The van der Waals surface area contributed by atoms with Gasteiger partial charge in [0.15, 0.2) is 0 Å². The number of halogens is 1. The van der Waals surface area contributed by atoms with Crippen molar-refractivity contribution in [3.05, 3.63) is 28.8 Å². The van der Waals surface area contributed by atoms with Crippen LogP contribution in [0.4, 0.5) is 0 Å². The Morgan fingerprint density at radius 1 is 1.47 bits per heavy atom. The molecule has 2 N–H and O–H groups in total. The predicted molar refractivity (Wildman–Crippen MR) is 58.3 cm³/mol. The summed E-state index contributed by atoms with van der Waals surface area (Å²) in [6, 6.07) is 5.53. The van der Waals surface area contributed by atoms with Crippen molar-refractivity contribution in [3.63, 3.8) is 0 Å². The van der Waals surface area contributed by atoms with E-state index in [4.69, 9.17) is 21.5 Å². The van der Waals surface area contributed by atoms with Gasteiger partial charge in [0, 0.05) is 6.54 Å². The summed E-state index contributed by atoms with van der Waals surface area (Å²) in [6.07, 6.45) is 2.54. The lowest BCUT2D eigenvalue weighted by Crippen LogP contribution is -2.06. The summed E-state index contributed by atoms with van der Waals surface area (Å²) in [5.41, 5.74) is 3.02. The van der Waals surface area contributed by atoms with Gasteiger partial charge in [0.1, 0.15) is 5.75 Å². The van der Waals surface area contributed by atoms with E-state index in [2.05, 4.69) is 5.48 Å². The van der Waals surface area contributed by atoms with E-state index in [9.17, 15) is 0 Å². The van der Waals surface area contributed by atoms with Crippen LogP contribution in [0.2, 0.25) is 5.02 Å². The molecule has 0 unspecified atom stereocenters. The minimum absolute atomic E-state index is 0.391. The minimum Gasteiger partial charge on any atom is -0.492 e. The Labute approximate surface area is 94.0 Å². The summed E-state index contributed by atoms with van der Waals surface area (Å²) in [5, 5.41) is 9.14. The predicted octanol–water partition coefficient (Wildman–Crippen LogP) is 2.61. The zero-order valence-corrected chi connectivity index (χ0v) is 9.13. The second-order valence-electron chi connectivity index (χ2n) is 3.85. The van der Waals surface area contributed by atoms with Crippen LogP contribution < -0.4 is 10.2 Å². The fourth-order valence-electron chi connectivity index (χ4n) is 1.35. The Morgan fingerprint density at radius 2 is 2.27 bits per heavy atom. The zero-order chi connectivity index (χ0) is 10.7. The van der Waals surface area contributed by atoms with E-state index >= 15 is 0 Å². The Morgan fingerprint density at radius 3 is 2.87 bits per heavy atom. The molecule has 1 saturated carbocycles. The molecule has 0 aliphatic heterocycles. The first-order chi connectivity index (χ1) is 7.29. The number of benzene rings is 1. The summed E-state index contributed by atoms with van der Waals surface area (Å²) in [6.45, 7) is 1.15. The van der Waals surface area contributed by atoms with E-state index in [-0.39, 0.29) is 0 Å². The van der Waals surface area contributed by atoms with Crippen molar-refractivity contribution in [2.24, 2.45) is 5.92 Å². The number of hydrogen-bond donors (Lipinski definition) is 2. The molecule has 1 aliphatic rings. The molecule has 15 heavy (non-hydrogen) atoms. The fourth-order valence-corrected chi connectivity index (χ4v) is 1.61. The lowest BCUT2D eigenvalue weighted by molar-refractivity contribution is 0.161. The van der Waals surface area contributed by atoms with Gasteiger partial charge in [-0.3, -0.25) is 0 Å². The van der Waals surface area contributed by atoms with Gasteiger partial charge >= 0.3 is 0 Å². The quantitative estimate of drug-likeness (QED) is 0.760. The molecule has 0 bridgehead atoms. The average molecular weight is 228 g/mol. The normalized spacial score (nSPS) is 15.3. The molecule has 0 spiro atoms. The van der Waals surface area contributed by atoms with Crippen molar-refractivity contribution in [2.75, 3.05) is 6.61 Å². The number of hydrogen-bond acceptors (Lipinski definition) is 3. The van der Waals surface area contributed by atoms with Gasteiger partial charge in [0.05, 0.1) is 11.6 Å². The van der Waals surface area contributed by atoms with Gasteiger partial charge in [-0.2, -0.15) is 0 Å². The molecule has 0 aromatic heterocycles. The largest absolute Gasteiger partial charge is 0.492 e. The molecule has 4 heteroatoms. The Bertz CT molecular complexity index is 339. The van der Waals surface area contributed by atoms with Gasteiger partial charge in [-0.25, -0.2) is 5.48 Å². The monoisotopic (exact) mass is 227 g/mol. The van der Waals surface area contributed by atoms with Crippen LogP contribution in [0.5, 0.6) is 5.75 Å². The zero-order valence-electron chi connectivity index (χ0n) is 8.37. The molecule has 82 valence electrons. The van der Waals surface area contributed by atoms with Crippen molar-refractivity contribution in [3.8, 4) is 5.75 Å². The Kier molecular flexibility index (Phi) is 3.46. The van der Waals surface area contributed by atoms with Crippen LogP contribution in [0.15, 0.2) is 18.2 Å². The van der Waals surface area contributed by atoms with Crippen molar-refractivity contribution >= 4 is 11.6 Å². The molecule has 0 radical (unpaired) electrons. The summed E-state index contributed by atoms with van der Waals surface area (Å²) in [4.78, 5) is 0. The molecule has 0 saturated heterocycles. The van der Waals surface area contributed by atoms with Crippen LogP contribution in [0.25, 0.3) is 0 Å². The molecule has 1 aromatic rings. The smallest absolute Gasteiger partial charge is 0.137 e. The highest BCUT2D eigenvalue weighted by atomic mass is 35.5. The highest BCUT2D eigenvalue weighted by Crippen LogP contribution is 2.31. The van der Waals surface area contributed by atoms with Gasteiger partial charge in [-0.15, -0.1) is 0 Å². The molecule has 1 aromatic carbocycles. The van der Waals surface area contributed by atoms with E-state index in [1.54, 1.807) is 6.07 Å². The number of hydroxylamine groups is 1. The summed E-state index contributed by atoms with van der Waals surface area (Å²) >= 11 is 6.03. The van der Waals surface area contributed by atoms with Crippen LogP contribution >= 0.6 is 11.6 Å². The SMILES string of the molecule is ONCc1ccc(OCC2CC2)c(Cl)c1. The van der Waals surface area contributed by atoms with Crippen LogP contribution in [-0.4, -0.2) is 11.8 Å². The van der Waals surface area contributed by atoms with Gasteiger partial charge < -0.3 is 9.94 Å². The van der Waals surface area contributed by atoms with E-state index < -0.39 is 0 Å². The highest BCUT2D eigenvalue weighted by molar-refractivity contribution is 6.32. The molecule has 2 rings (SSSR count). The Balaban J connectivity index is 1.97. The first-order valence-corrected chi connectivity index (χ1v) is 5.45. The molecular weight excluding hydrogens is 214 g/mol. The van der Waals surface area contributed by atoms with Crippen molar-refractivity contribution in [2.45, 2.75) is 19.4 Å². The lowest BCUT2D eigenvalue weighted by atomic mass is 10.2. The van der Waals surface area contributed by atoms with Crippen LogP contribution in [-0.2, 0) is 6.54 Å². The number of nitrogens with one attached hydrogen (secondary N) is 1. The van der Waals surface area contributed by atoms with E-state index in [0.29, 0.717) is 11.6 Å². The van der Waals surface area contributed by atoms with Gasteiger partial charge in [0.2, 0.25) is 0 Å². The lowest BCUT2D eigenvalue weighted by Gasteiger charge is -2.08. The number of rotatable bonds is 5. The third-order valence-corrected chi connectivity index (χ3v) is 2.75. The van der Waals surface area contributed by atoms with E-state index in [0.717, 1.165) is 23.8 Å². The second kappa shape index (κ2) is 4.84. The molecule has 3 nitrogen and oxygen atoms in total. The van der Waals surface area contributed by atoms with E-state index in [1.165, 1.54) is 12.8 Å². The third kappa shape index (κ3) is 3.09. The maximum absolute atomic E-state index is 8.54. The number of ether oxygens (including phenoxy) is 1. The molecule has 1 fully saturated rings. The topological polar surface area (TPSA) is 41.5 Å². The highest BCUT2D eigenvalue weighted by Gasteiger charge is 2.22. The van der Waals surface area contributed by atoms with Crippen LogP contribution in [0, 0.1) is 5.92 Å². The molecule has 0 heterocycles. The third-order valence-electron chi connectivity index (χ3n) is 2.45. The molecule has 1 aliphatic carbocycles.